The van der Waals surface area contributed by atoms with Crippen LogP contribution in [0.4, 0.5) is 0 Å². The predicted octanol–water partition coefficient (Wildman–Crippen LogP) is -1.36. The number of primary amides is 1. The highest BCUT2D eigenvalue weighted by Gasteiger charge is 2.45. The zero-order chi connectivity index (χ0) is 23.5. The lowest BCUT2D eigenvalue weighted by atomic mass is 9.82. The smallest absolute Gasteiger partial charge is 0.220 e. The number of likely N-dealkylation sites (tertiary alicyclic amines) is 2. The molecule has 0 aromatic heterocycles. The van der Waals surface area contributed by atoms with Gasteiger partial charge in [0.2, 0.25) is 5.91 Å². The molecule has 7 N–H and O–H groups in total. The van der Waals surface area contributed by atoms with Crippen molar-refractivity contribution in [3.8, 4) is 6.07 Å². The number of carbonyl (C=O) groups excluding carboxylic acids is 1. The van der Waals surface area contributed by atoms with Gasteiger partial charge in [0.15, 0.2) is 6.23 Å². The zero-order valence-electron chi connectivity index (χ0n) is 20.6. The maximum Gasteiger partial charge on any atom is 0.220 e. The Bertz CT molecular complexity index is 729. The van der Waals surface area contributed by atoms with E-state index in [1.165, 1.54) is 45.2 Å². The van der Waals surface area contributed by atoms with Gasteiger partial charge in [-0.05, 0) is 38.5 Å². The number of rotatable bonds is 6. The Morgan fingerprint density at radius 1 is 1.15 bits per heavy atom. The quantitative estimate of drug-likeness (QED) is 0.323. The number of nitriles is 1. The molecule has 9 nitrogen and oxygen atoms in total. The van der Waals surface area contributed by atoms with E-state index < -0.39 is 0 Å². The van der Waals surface area contributed by atoms with E-state index in [2.05, 4.69) is 27.1 Å². The van der Waals surface area contributed by atoms with E-state index in [9.17, 15) is 10.1 Å². The van der Waals surface area contributed by atoms with E-state index in [0.717, 1.165) is 57.7 Å². The molecule has 4 saturated heterocycles. The molecule has 5 unspecified atom stereocenters. The fourth-order valence-electron chi connectivity index (χ4n) is 7.39. The summed E-state index contributed by atoms with van der Waals surface area (Å²) in [7, 11) is 0. The van der Waals surface area contributed by atoms with Gasteiger partial charge in [-0.25, -0.2) is 0 Å². The van der Waals surface area contributed by atoms with Gasteiger partial charge in [-0.3, -0.25) is 19.8 Å². The van der Waals surface area contributed by atoms with Gasteiger partial charge in [-0.15, -0.1) is 0 Å². The Balaban J connectivity index is 1.10. The molecule has 4 aliphatic heterocycles. The average molecular weight is 476 g/mol. The minimum Gasteiger partial charge on any atom is -0.369 e. The first-order valence-electron chi connectivity index (χ1n) is 13.9. The van der Waals surface area contributed by atoms with Crippen molar-refractivity contribution in [2.45, 2.75) is 88.8 Å². The van der Waals surface area contributed by atoms with Crippen molar-refractivity contribution in [1.82, 2.24) is 15.7 Å². The van der Waals surface area contributed by atoms with E-state index in [1.807, 2.05) is 0 Å². The number of nitrogens with zero attached hydrogens (tertiary/aromatic N) is 2. The summed E-state index contributed by atoms with van der Waals surface area (Å²) in [5.41, 5.74) is 8.91. The van der Waals surface area contributed by atoms with Crippen LogP contribution < -0.4 is 26.7 Å². The Morgan fingerprint density at radius 2 is 1.94 bits per heavy atom. The van der Waals surface area contributed by atoms with Gasteiger partial charge in [-0.1, -0.05) is 0 Å². The van der Waals surface area contributed by atoms with Crippen molar-refractivity contribution in [3.63, 3.8) is 0 Å². The number of amides is 1. The highest BCUT2D eigenvalue weighted by atomic mass is 16.7. The van der Waals surface area contributed by atoms with Crippen LogP contribution in [0.5, 0.6) is 0 Å². The molecule has 0 bridgehead atoms. The number of carbonyl (C=O) groups is 1. The van der Waals surface area contributed by atoms with Gasteiger partial charge >= 0.3 is 0 Å². The summed E-state index contributed by atoms with van der Waals surface area (Å²) in [4.78, 5) is 22.0. The summed E-state index contributed by atoms with van der Waals surface area (Å²) in [5, 5.41) is 15.5. The molecule has 5 fully saturated rings. The number of hydroxylamine groups is 1. The lowest BCUT2D eigenvalue weighted by Crippen LogP contribution is -3.15. The second-order valence-corrected chi connectivity index (χ2v) is 11.6. The number of hydrogen-bond acceptors (Lipinski definition) is 6. The van der Waals surface area contributed by atoms with E-state index in [0.29, 0.717) is 18.1 Å². The molecule has 190 valence electrons. The van der Waals surface area contributed by atoms with Gasteiger partial charge in [0, 0.05) is 62.4 Å². The molecule has 4 heterocycles. The summed E-state index contributed by atoms with van der Waals surface area (Å²) < 4.78 is 0. The summed E-state index contributed by atoms with van der Waals surface area (Å²) in [6.07, 6.45) is 12.0. The van der Waals surface area contributed by atoms with Crippen LogP contribution in [0.1, 0.15) is 64.2 Å². The monoisotopic (exact) mass is 475 g/mol. The normalized spacial score (nSPS) is 42.4. The Hall–Kier alpha value is -1.28. The van der Waals surface area contributed by atoms with E-state index in [1.54, 1.807) is 4.90 Å². The van der Waals surface area contributed by atoms with Gasteiger partial charge in [0.25, 0.3) is 0 Å². The van der Waals surface area contributed by atoms with Crippen molar-refractivity contribution in [1.29, 1.82) is 5.26 Å². The second kappa shape index (κ2) is 11.2. The topological polar surface area (TPSA) is 124 Å². The van der Waals surface area contributed by atoms with Crippen molar-refractivity contribution in [3.05, 3.63) is 0 Å². The third kappa shape index (κ3) is 5.58. The van der Waals surface area contributed by atoms with Crippen molar-refractivity contribution < 1.29 is 19.8 Å². The molecular formula is C25H45N7O2+2. The lowest BCUT2D eigenvalue weighted by molar-refractivity contribution is -0.919. The molecule has 1 amide bonds. The lowest BCUT2D eigenvalue weighted by Gasteiger charge is -2.39. The van der Waals surface area contributed by atoms with Crippen LogP contribution in [0.15, 0.2) is 0 Å². The van der Waals surface area contributed by atoms with Crippen LogP contribution in [0.2, 0.25) is 0 Å². The molecule has 1 saturated carbocycles. The van der Waals surface area contributed by atoms with E-state index >= 15 is 0 Å². The molecule has 1 aliphatic carbocycles. The van der Waals surface area contributed by atoms with Gasteiger partial charge in [-0.2, -0.15) is 10.7 Å². The zero-order valence-corrected chi connectivity index (χ0v) is 20.6. The third-order valence-corrected chi connectivity index (χ3v) is 9.54. The number of quaternary nitrogens is 2. The fraction of sp³-hybridized carbons (Fsp3) is 0.920. The van der Waals surface area contributed by atoms with Crippen molar-refractivity contribution in [2.24, 2.45) is 29.4 Å². The summed E-state index contributed by atoms with van der Waals surface area (Å²) in [6, 6.07) is 2.99. The molecule has 0 spiro atoms. The highest BCUT2D eigenvalue weighted by molar-refractivity contribution is 5.76. The van der Waals surface area contributed by atoms with Crippen LogP contribution in [0.3, 0.4) is 0 Å². The van der Waals surface area contributed by atoms with Gasteiger partial charge in [0.1, 0.15) is 12.2 Å². The Morgan fingerprint density at radius 3 is 2.68 bits per heavy atom. The average Bonchev–Trinajstić information content (AvgIpc) is 3.54. The van der Waals surface area contributed by atoms with Crippen LogP contribution in [0, 0.1) is 35.0 Å². The first kappa shape index (κ1) is 24.4. The number of nitrogens with two attached hydrogens (primary N) is 2. The maximum atomic E-state index is 11.5. The van der Waals surface area contributed by atoms with Crippen molar-refractivity contribution in [2.75, 3.05) is 32.7 Å². The highest BCUT2D eigenvalue weighted by Crippen LogP contribution is 2.28. The minimum atomic E-state index is -0.134. The summed E-state index contributed by atoms with van der Waals surface area (Å²) >= 11 is 0. The molecule has 9 heteroatoms. The second-order valence-electron chi connectivity index (χ2n) is 11.6. The molecule has 0 aromatic carbocycles. The molecule has 0 aromatic rings. The van der Waals surface area contributed by atoms with Crippen LogP contribution in [-0.4, -0.2) is 68.1 Å². The molecule has 5 aliphatic rings. The van der Waals surface area contributed by atoms with E-state index in [-0.39, 0.29) is 30.1 Å². The van der Waals surface area contributed by atoms with Crippen LogP contribution in [0.25, 0.3) is 0 Å². The van der Waals surface area contributed by atoms with Crippen LogP contribution in [-0.2, 0) is 9.63 Å². The first-order chi connectivity index (χ1) is 16.6. The van der Waals surface area contributed by atoms with Crippen LogP contribution >= 0.6 is 0 Å². The first-order valence-corrected chi connectivity index (χ1v) is 13.9. The largest absolute Gasteiger partial charge is 0.369 e. The summed E-state index contributed by atoms with van der Waals surface area (Å²) in [5.74, 6) is 1.53. The standard InChI is InChI=1S/C25H43N7O2/c26-15-17-3-5-18(6-4-17)16-32-11-1-2-21(32)25-29-24(30-34-25)20-7-10-28-22(14-20)31-12-8-19(9-13-31)23(27)33/h17-22,24-25,28-30H,1-14,16H2,(H2,27,33)/p+2/t17?,18?,20?,21-,22?,24?,25?/m0/s1. The third-order valence-electron chi connectivity index (χ3n) is 9.54. The number of nitrogens with one attached hydrogen (secondary N) is 3. The van der Waals surface area contributed by atoms with Gasteiger partial charge < -0.3 is 16.0 Å². The number of hydrogen-bond donors (Lipinski definition) is 5. The Labute approximate surface area is 204 Å². The predicted molar refractivity (Wildman–Crippen MR) is 127 cm³/mol. The molecule has 34 heavy (non-hydrogen) atoms. The molecule has 5 rings (SSSR count). The SMILES string of the molecule is N#CC1CCC(C[NH+]2CCC[C@H]2C2NC(C3CC[NH2+]C(N4CCC(C(N)=O)CC4)C3)NO2)CC1. The van der Waals surface area contributed by atoms with E-state index in [4.69, 9.17) is 10.6 Å². The minimum absolute atomic E-state index is 0.0567. The molecular weight excluding hydrogens is 430 g/mol. The van der Waals surface area contributed by atoms with Crippen molar-refractivity contribution >= 4 is 5.91 Å². The fourth-order valence-corrected chi connectivity index (χ4v) is 7.39. The van der Waals surface area contributed by atoms with Gasteiger partial charge in [0.05, 0.1) is 31.9 Å². The summed E-state index contributed by atoms with van der Waals surface area (Å²) in [6.45, 7) is 5.57. The molecule has 6 atom stereocenters. The maximum absolute atomic E-state index is 11.5. The Kier molecular flexibility index (Phi) is 8.04. The molecule has 0 radical (unpaired) electrons. The number of piperidine rings is 2.